The predicted octanol–water partition coefficient (Wildman–Crippen LogP) is 2.46. The standard InChI is InChI=1S/C11H22N2.2ClH/c1-10-5-6-11(9-12-10)13-7-3-2-4-8-13;;/h10-12H,2-9H2,1H3;2*1H. The van der Waals surface area contributed by atoms with Crippen molar-refractivity contribution in [3.8, 4) is 0 Å². The molecule has 2 nitrogen and oxygen atoms in total. The van der Waals surface area contributed by atoms with E-state index in [-0.39, 0.29) is 24.8 Å². The molecule has 2 atom stereocenters. The Hall–Kier alpha value is 0.500. The summed E-state index contributed by atoms with van der Waals surface area (Å²) in [6, 6.07) is 1.59. The number of piperidine rings is 2. The summed E-state index contributed by atoms with van der Waals surface area (Å²) in [7, 11) is 0. The summed E-state index contributed by atoms with van der Waals surface area (Å²) in [5.41, 5.74) is 0. The van der Waals surface area contributed by atoms with E-state index in [9.17, 15) is 0 Å². The normalized spacial score (nSPS) is 32.6. The third-order valence-corrected chi connectivity index (χ3v) is 3.54. The van der Waals surface area contributed by atoms with Gasteiger partial charge in [-0.25, -0.2) is 0 Å². The number of nitrogens with one attached hydrogen (secondary N) is 1. The van der Waals surface area contributed by atoms with Gasteiger partial charge in [-0.1, -0.05) is 6.42 Å². The molecule has 2 fully saturated rings. The highest BCUT2D eigenvalue weighted by atomic mass is 35.5. The van der Waals surface area contributed by atoms with E-state index in [1.165, 1.54) is 51.7 Å². The summed E-state index contributed by atoms with van der Waals surface area (Å²) >= 11 is 0. The van der Waals surface area contributed by atoms with Crippen molar-refractivity contribution in [3.63, 3.8) is 0 Å². The van der Waals surface area contributed by atoms with Gasteiger partial charge in [0, 0.05) is 18.6 Å². The van der Waals surface area contributed by atoms with Crippen LogP contribution in [0.5, 0.6) is 0 Å². The van der Waals surface area contributed by atoms with Gasteiger partial charge in [-0.15, -0.1) is 24.8 Å². The number of likely N-dealkylation sites (tertiary alicyclic amines) is 1. The zero-order chi connectivity index (χ0) is 9.10. The third kappa shape index (κ3) is 4.48. The van der Waals surface area contributed by atoms with Crippen molar-refractivity contribution in [2.75, 3.05) is 19.6 Å². The van der Waals surface area contributed by atoms with Gasteiger partial charge >= 0.3 is 0 Å². The lowest BCUT2D eigenvalue weighted by Gasteiger charge is -2.38. The van der Waals surface area contributed by atoms with Gasteiger partial charge in [0.05, 0.1) is 0 Å². The van der Waals surface area contributed by atoms with Gasteiger partial charge in [-0.3, -0.25) is 4.90 Å². The summed E-state index contributed by atoms with van der Waals surface area (Å²) in [5.74, 6) is 0. The maximum atomic E-state index is 3.59. The number of hydrogen-bond donors (Lipinski definition) is 1. The van der Waals surface area contributed by atoms with Crippen LogP contribution in [0.4, 0.5) is 0 Å². The van der Waals surface area contributed by atoms with Crippen LogP contribution in [0.3, 0.4) is 0 Å². The maximum absolute atomic E-state index is 3.59. The Labute approximate surface area is 106 Å². The van der Waals surface area contributed by atoms with E-state index in [1.54, 1.807) is 0 Å². The summed E-state index contributed by atoms with van der Waals surface area (Å²) in [6.07, 6.45) is 7.07. The Morgan fingerprint density at radius 2 is 1.67 bits per heavy atom. The van der Waals surface area contributed by atoms with E-state index >= 15 is 0 Å². The highest BCUT2D eigenvalue weighted by molar-refractivity contribution is 5.85. The fourth-order valence-corrected chi connectivity index (χ4v) is 2.58. The molecule has 2 heterocycles. The van der Waals surface area contributed by atoms with Gasteiger partial charge in [0.2, 0.25) is 0 Å². The van der Waals surface area contributed by atoms with E-state index in [4.69, 9.17) is 0 Å². The molecule has 0 aromatic carbocycles. The van der Waals surface area contributed by atoms with Crippen LogP contribution in [0.25, 0.3) is 0 Å². The minimum atomic E-state index is 0. The molecule has 92 valence electrons. The molecule has 0 spiro atoms. The van der Waals surface area contributed by atoms with Crippen molar-refractivity contribution in [1.82, 2.24) is 10.2 Å². The first-order valence-corrected chi connectivity index (χ1v) is 5.83. The van der Waals surface area contributed by atoms with Gasteiger partial charge < -0.3 is 5.32 Å². The van der Waals surface area contributed by atoms with Gasteiger partial charge in [0.1, 0.15) is 0 Å². The Balaban J connectivity index is 0.000000980. The van der Waals surface area contributed by atoms with Crippen molar-refractivity contribution < 1.29 is 0 Å². The number of hydrogen-bond acceptors (Lipinski definition) is 2. The van der Waals surface area contributed by atoms with Crippen molar-refractivity contribution in [3.05, 3.63) is 0 Å². The molecule has 0 aliphatic carbocycles. The van der Waals surface area contributed by atoms with Crippen LogP contribution >= 0.6 is 24.8 Å². The van der Waals surface area contributed by atoms with Crippen molar-refractivity contribution >= 4 is 24.8 Å². The highest BCUT2D eigenvalue weighted by Crippen LogP contribution is 2.18. The Morgan fingerprint density at radius 1 is 1.00 bits per heavy atom. The average molecular weight is 255 g/mol. The first-order valence-electron chi connectivity index (χ1n) is 5.83. The van der Waals surface area contributed by atoms with Crippen LogP contribution in [0.15, 0.2) is 0 Å². The fourth-order valence-electron chi connectivity index (χ4n) is 2.58. The second-order valence-electron chi connectivity index (χ2n) is 4.64. The molecule has 2 unspecified atom stereocenters. The Morgan fingerprint density at radius 3 is 2.20 bits per heavy atom. The summed E-state index contributed by atoms with van der Waals surface area (Å²) < 4.78 is 0. The van der Waals surface area contributed by atoms with Crippen molar-refractivity contribution in [2.24, 2.45) is 0 Å². The van der Waals surface area contributed by atoms with Crippen LogP contribution in [0, 0.1) is 0 Å². The lowest BCUT2D eigenvalue weighted by atomic mass is 9.98. The summed E-state index contributed by atoms with van der Waals surface area (Å²) in [4.78, 5) is 2.70. The third-order valence-electron chi connectivity index (χ3n) is 3.54. The second-order valence-corrected chi connectivity index (χ2v) is 4.64. The molecular weight excluding hydrogens is 231 g/mol. The Kier molecular flexibility index (Phi) is 7.98. The Bertz CT molecular complexity index is 153. The highest BCUT2D eigenvalue weighted by Gasteiger charge is 2.24. The SMILES string of the molecule is CC1CCC(N2CCCCC2)CN1.Cl.Cl. The van der Waals surface area contributed by atoms with Gasteiger partial charge in [-0.05, 0) is 45.7 Å². The van der Waals surface area contributed by atoms with E-state index in [1.807, 2.05) is 0 Å². The molecule has 2 aliphatic rings. The topological polar surface area (TPSA) is 15.3 Å². The van der Waals surface area contributed by atoms with Crippen LogP contribution in [-0.4, -0.2) is 36.6 Å². The maximum Gasteiger partial charge on any atom is 0.0221 e. The van der Waals surface area contributed by atoms with Gasteiger partial charge in [-0.2, -0.15) is 0 Å². The van der Waals surface area contributed by atoms with Crippen molar-refractivity contribution in [2.45, 2.75) is 51.1 Å². The molecule has 0 radical (unpaired) electrons. The first kappa shape index (κ1) is 15.5. The van der Waals surface area contributed by atoms with Gasteiger partial charge in [0.25, 0.3) is 0 Å². The van der Waals surface area contributed by atoms with E-state index < -0.39 is 0 Å². The van der Waals surface area contributed by atoms with Gasteiger partial charge in [0.15, 0.2) is 0 Å². The smallest absolute Gasteiger partial charge is 0.0221 e. The number of nitrogens with zero attached hydrogens (tertiary/aromatic N) is 1. The minimum Gasteiger partial charge on any atom is -0.313 e. The molecule has 0 amide bonds. The molecular formula is C11H24Cl2N2. The zero-order valence-electron chi connectivity index (χ0n) is 9.58. The van der Waals surface area contributed by atoms with Crippen LogP contribution < -0.4 is 5.32 Å². The molecule has 4 heteroatoms. The lowest BCUT2D eigenvalue weighted by molar-refractivity contribution is 0.130. The largest absolute Gasteiger partial charge is 0.313 e. The fraction of sp³-hybridized carbons (Fsp3) is 1.00. The number of rotatable bonds is 1. The second kappa shape index (κ2) is 7.72. The quantitative estimate of drug-likeness (QED) is 0.774. The molecule has 2 rings (SSSR count). The average Bonchev–Trinajstić information content (AvgIpc) is 2.20. The van der Waals surface area contributed by atoms with Crippen LogP contribution in [0.1, 0.15) is 39.0 Å². The summed E-state index contributed by atoms with van der Waals surface area (Å²) in [6.45, 7) is 6.22. The van der Waals surface area contributed by atoms with E-state index in [0.29, 0.717) is 0 Å². The molecule has 2 saturated heterocycles. The van der Waals surface area contributed by atoms with Crippen LogP contribution in [-0.2, 0) is 0 Å². The molecule has 1 N–H and O–H groups in total. The monoisotopic (exact) mass is 254 g/mol. The molecule has 0 saturated carbocycles. The van der Waals surface area contributed by atoms with E-state index in [0.717, 1.165) is 12.1 Å². The molecule has 2 aliphatic heterocycles. The van der Waals surface area contributed by atoms with Crippen LogP contribution in [0.2, 0.25) is 0 Å². The molecule has 15 heavy (non-hydrogen) atoms. The predicted molar refractivity (Wildman–Crippen MR) is 70.4 cm³/mol. The molecule has 0 aromatic heterocycles. The molecule has 0 bridgehead atoms. The zero-order valence-corrected chi connectivity index (χ0v) is 11.2. The number of halogens is 2. The van der Waals surface area contributed by atoms with E-state index in [2.05, 4.69) is 17.1 Å². The molecule has 0 aromatic rings. The first-order chi connectivity index (χ1) is 6.36. The van der Waals surface area contributed by atoms with Crippen molar-refractivity contribution in [1.29, 1.82) is 0 Å². The minimum absolute atomic E-state index is 0. The lowest BCUT2D eigenvalue weighted by Crippen LogP contribution is -2.50. The summed E-state index contributed by atoms with van der Waals surface area (Å²) in [5, 5.41) is 3.59.